The molecule has 63 heavy (non-hydrogen) atoms. The van der Waals surface area contributed by atoms with Gasteiger partial charge in [0.25, 0.3) is 23.6 Å². The highest BCUT2D eigenvalue weighted by Crippen LogP contribution is 2.27. The van der Waals surface area contributed by atoms with E-state index in [1.54, 1.807) is 48.5 Å². The van der Waals surface area contributed by atoms with Crippen molar-refractivity contribution >= 4 is 127 Å². The number of azo groups is 2. The second kappa shape index (κ2) is 22.9. The van der Waals surface area contributed by atoms with Gasteiger partial charge in [0.1, 0.15) is 0 Å². The highest BCUT2D eigenvalue weighted by atomic mass is 35.5. The molecule has 19 heteroatoms. The van der Waals surface area contributed by atoms with E-state index >= 15 is 0 Å². The molecule has 14 nitrogen and oxygen atoms in total. The van der Waals surface area contributed by atoms with Gasteiger partial charge in [-0.2, -0.15) is 20.5 Å². The Bertz CT molecular complexity index is 2590. The number of amides is 4. The fraction of sp³-hybridized carbons (Fsp3) is 0.182. The smallest absolute Gasteiger partial charge is 0.258 e. The van der Waals surface area contributed by atoms with Crippen LogP contribution in [0, 0.1) is 0 Å². The summed E-state index contributed by atoms with van der Waals surface area (Å²) in [7, 11) is 0. The third kappa shape index (κ3) is 14.0. The number of nitrogens with zero attached hydrogens (tertiary/aromatic N) is 4. The minimum absolute atomic E-state index is 0.112. The Kier molecular flexibility index (Phi) is 17.4. The summed E-state index contributed by atoms with van der Waals surface area (Å²) in [6.45, 7) is 2.34. The number of hydrogen-bond donors (Lipinski definition) is 4. The molecule has 2 unspecified atom stereocenters. The third-order valence-electron chi connectivity index (χ3n) is 8.86. The molecule has 324 valence electrons. The SMILES string of the molecule is CC(=O)C(N=Nc1cc(Cl)cc(C(=O)Nc2ccc(CCl)cc2)c1)C(=O)Nc1ccc(NC(=O)C(N=Nc2cc(Cl)cc(C(=O)Nc3ccc(CCl)cc3)c2)C(C)=O)c(CCCl)c1. The van der Waals surface area contributed by atoms with Crippen molar-refractivity contribution in [1.29, 1.82) is 0 Å². The van der Waals surface area contributed by atoms with Crippen molar-refractivity contribution in [3.8, 4) is 0 Å². The molecule has 0 aliphatic carbocycles. The van der Waals surface area contributed by atoms with Crippen LogP contribution in [0.15, 0.2) is 124 Å². The maximum Gasteiger partial charge on any atom is 0.258 e. The van der Waals surface area contributed by atoms with Gasteiger partial charge in [0, 0.05) is 61.6 Å². The quantitative estimate of drug-likeness (QED) is 0.0382. The van der Waals surface area contributed by atoms with Crippen LogP contribution in [0.1, 0.15) is 51.3 Å². The molecule has 4 N–H and O–H groups in total. The second-order valence-corrected chi connectivity index (χ2v) is 15.5. The van der Waals surface area contributed by atoms with E-state index in [1.807, 2.05) is 0 Å². The molecule has 0 saturated heterocycles. The van der Waals surface area contributed by atoms with E-state index in [2.05, 4.69) is 41.7 Å². The number of halogens is 5. The van der Waals surface area contributed by atoms with Crippen LogP contribution in [0.3, 0.4) is 0 Å². The highest BCUT2D eigenvalue weighted by Gasteiger charge is 2.26. The van der Waals surface area contributed by atoms with Crippen LogP contribution >= 0.6 is 58.0 Å². The maximum atomic E-state index is 13.4. The number of anilines is 4. The van der Waals surface area contributed by atoms with Gasteiger partial charge in [0.15, 0.2) is 11.6 Å². The molecule has 5 aromatic carbocycles. The largest absolute Gasteiger partial charge is 0.324 e. The molecule has 0 aromatic heterocycles. The first-order valence-corrected chi connectivity index (χ1v) is 21.2. The molecule has 0 fully saturated rings. The molecule has 5 rings (SSSR count). The van der Waals surface area contributed by atoms with Gasteiger partial charge < -0.3 is 21.3 Å². The van der Waals surface area contributed by atoms with Crippen molar-refractivity contribution in [3.63, 3.8) is 0 Å². The normalized spacial score (nSPS) is 12.1. The van der Waals surface area contributed by atoms with E-state index < -0.39 is 47.3 Å². The predicted octanol–water partition coefficient (Wildman–Crippen LogP) is 11.1. The molecule has 2 atom stereocenters. The monoisotopic (exact) mass is 948 g/mol. The summed E-state index contributed by atoms with van der Waals surface area (Å²) in [6, 6.07) is 23.7. The Morgan fingerprint density at radius 3 is 1.37 bits per heavy atom. The molecule has 0 aliphatic rings. The topological polar surface area (TPSA) is 200 Å². The Labute approximate surface area is 386 Å². The summed E-state index contributed by atoms with van der Waals surface area (Å²) in [5.41, 5.74) is 4.30. The van der Waals surface area contributed by atoms with Crippen LogP contribution < -0.4 is 21.3 Å². The highest BCUT2D eigenvalue weighted by molar-refractivity contribution is 6.31. The fourth-order valence-corrected chi connectivity index (χ4v) is 6.70. The first-order chi connectivity index (χ1) is 30.1. The van der Waals surface area contributed by atoms with E-state index in [1.165, 1.54) is 68.4 Å². The third-order valence-corrected chi connectivity index (χ3v) is 10.1. The maximum absolute atomic E-state index is 13.4. The average molecular weight is 951 g/mol. The van der Waals surface area contributed by atoms with E-state index in [9.17, 15) is 28.8 Å². The Morgan fingerprint density at radius 1 is 0.524 bits per heavy atom. The number of alkyl halides is 3. The van der Waals surface area contributed by atoms with Crippen molar-refractivity contribution in [2.45, 2.75) is 44.1 Å². The summed E-state index contributed by atoms with van der Waals surface area (Å²) < 4.78 is 0. The number of aryl methyl sites for hydroxylation is 1. The van der Waals surface area contributed by atoms with Crippen molar-refractivity contribution in [3.05, 3.63) is 141 Å². The minimum atomic E-state index is -1.59. The number of nitrogens with one attached hydrogen (secondary N) is 4. The van der Waals surface area contributed by atoms with Gasteiger partial charge in [-0.25, -0.2) is 0 Å². The molecule has 0 radical (unpaired) electrons. The lowest BCUT2D eigenvalue weighted by Gasteiger charge is -2.15. The summed E-state index contributed by atoms with van der Waals surface area (Å²) >= 11 is 30.3. The molecule has 0 heterocycles. The van der Waals surface area contributed by atoms with Gasteiger partial charge in [0.05, 0.1) is 11.4 Å². The number of carbonyl (C=O) groups excluding carboxylic acids is 6. The average Bonchev–Trinajstić information content (AvgIpc) is 3.24. The zero-order chi connectivity index (χ0) is 45.6. The molecular formula is C44H37Cl5N8O6. The standard InChI is InChI=1S/C44H37Cl5N8O6/c1-24(58)39(56-54-36-18-29(15-31(48)20-36)41(60)50-33-7-3-26(22-46)4-8-33)43(62)52-35-11-12-38(28(17-35)13-14-45)53-44(63)40(25(2)59)57-55-37-19-30(16-32(49)21-37)42(61)51-34-9-5-27(23-47)6-10-34/h3-12,15-21,39-40H,13-14,22-23H2,1-2H3,(H,50,60)(H,51,61)(H,52,62)(H,53,63). The first-order valence-electron chi connectivity index (χ1n) is 18.8. The lowest BCUT2D eigenvalue weighted by Crippen LogP contribution is -2.32. The number of hydrogen-bond acceptors (Lipinski definition) is 10. The molecule has 0 spiro atoms. The van der Waals surface area contributed by atoms with E-state index in [-0.39, 0.29) is 56.2 Å². The van der Waals surface area contributed by atoms with Crippen LogP contribution in [0.25, 0.3) is 0 Å². The predicted molar refractivity (Wildman–Crippen MR) is 247 cm³/mol. The summed E-state index contributed by atoms with van der Waals surface area (Å²) in [5.74, 6) is -3.10. The minimum Gasteiger partial charge on any atom is -0.324 e. The first kappa shape index (κ1) is 48.0. The Hall–Kier alpha value is -6.03. The van der Waals surface area contributed by atoms with Crippen LogP contribution in [0.5, 0.6) is 0 Å². The molecule has 4 amide bonds. The van der Waals surface area contributed by atoms with Crippen LogP contribution in [0.2, 0.25) is 10.0 Å². The Morgan fingerprint density at radius 2 is 0.952 bits per heavy atom. The number of benzene rings is 5. The zero-order valence-corrected chi connectivity index (χ0v) is 37.2. The van der Waals surface area contributed by atoms with E-state index in [4.69, 9.17) is 58.0 Å². The van der Waals surface area contributed by atoms with Crippen molar-refractivity contribution in [2.75, 3.05) is 27.1 Å². The summed E-state index contributed by atoms with van der Waals surface area (Å²) in [6.07, 6.45) is 0.219. The molecule has 0 bridgehead atoms. The number of carbonyl (C=O) groups is 6. The van der Waals surface area contributed by atoms with Crippen LogP contribution in [-0.2, 0) is 37.4 Å². The molecule has 0 aliphatic heterocycles. The van der Waals surface area contributed by atoms with Crippen molar-refractivity contribution < 1.29 is 28.8 Å². The molecule has 0 saturated carbocycles. The number of Topliss-reactive ketones (excluding diaryl/α,β-unsaturated/α-hetero) is 2. The van der Waals surface area contributed by atoms with Gasteiger partial charge in [-0.05, 0) is 116 Å². The zero-order valence-electron chi connectivity index (χ0n) is 33.4. The van der Waals surface area contributed by atoms with Gasteiger partial charge in [-0.15, -0.1) is 34.8 Å². The van der Waals surface area contributed by atoms with E-state index in [0.29, 0.717) is 28.7 Å². The van der Waals surface area contributed by atoms with Crippen molar-refractivity contribution in [1.82, 2.24) is 0 Å². The lowest BCUT2D eigenvalue weighted by atomic mass is 10.1. The fourth-order valence-electron chi connectivity index (χ4n) is 5.69. The number of ketones is 2. The van der Waals surface area contributed by atoms with E-state index in [0.717, 1.165) is 11.1 Å². The second-order valence-electron chi connectivity index (χ2n) is 13.7. The molecular weight excluding hydrogens is 914 g/mol. The Balaban J connectivity index is 1.26. The molecule has 5 aromatic rings. The summed E-state index contributed by atoms with van der Waals surface area (Å²) in [5, 5.41) is 27.2. The van der Waals surface area contributed by atoms with Gasteiger partial charge in [0.2, 0.25) is 12.1 Å². The van der Waals surface area contributed by atoms with Crippen LogP contribution in [0.4, 0.5) is 34.1 Å². The van der Waals surface area contributed by atoms with Gasteiger partial charge in [-0.1, -0.05) is 47.5 Å². The van der Waals surface area contributed by atoms with Gasteiger partial charge >= 0.3 is 0 Å². The van der Waals surface area contributed by atoms with Gasteiger partial charge in [-0.3, -0.25) is 28.8 Å². The van der Waals surface area contributed by atoms with Crippen molar-refractivity contribution in [2.24, 2.45) is 20.5 Å². The lowest BCUT2D eigenvalue weighted by molar-refractivity contribution is -0.127. The van der Waals surface area contributed by atoms with Crippen LogP contribution in [-0.4, -0.2) is 53.2 Å². The number of rotatable bonds is 18. The summed E-state index contributed by atoms with van der Waals surface area (Å²) in [4.78, 5) is 78.0.